The van der Waals surface area contributed by atoms with Crippen molar-refractivity contribution in [3.05, 3.63) is 0 Å². The molecule has 1 aliphatic heterocycles. The molecule has 0 aromatic carbocycles. The maximum absolute atomic E-state index is 12.9. The van der Waals surface area contributed by atoms with Crippen molar-refractivity contribution in [2.24, 2.45) is 11.8 Å². The Balaban J connectivity index is 2.11. The molecule has 0 aromatic heterocycles. The van der Waals surface area contributed by atoms with Gasteiger partial charge in [-0.15, -0.1) is 0 Å². The van der Waals surface area contributed by atoms with E-state index in [-0.39, 0.29) is 11.8 Å². The van der Waals surface area contributed by atoms with E-state index in [4.69, 9.17) is 0 Å². The molecule has 0 aromatic rings. The summed E-state index contributed by atoms with van der Waals surface area (Å²) < 4.78 is 0. The molecule has 1 saturated heterocycles. The number of amides is 2. The van der Waals surface area contributed by atoms with Gasteiger partial charge in [-0.3, -0.25) is 9.59 Å². The Morgan fingerprint density at radius 2 is 1.95 bits per heavy atom. The van der Waals surface area contributed by atoms with Gasteiger partial charge in [0.2, 0.25) is 11.8 Å². The Kier molecular flexibility index (Phi) is 4.71. The van der Waals surface area contributed by atoms with E-state index in [1.54, 1.807) is 0 Å². The SMILES string of the molecule is CCC1(CC)NC(=O)CCN(CC2CCC(C)C2)C1=O. The Morgan fingerprint density at radius 3 is 2.50 bits per heavy atom. The molecule has 1 N–H and O–H groups in total. The molecule has 0 bridgehead atoms. The lowest BCUT2D eigenvalue weighted by atomic mass is 9.90. The first-order valence-electron chi connectivity index (χ1n) is 8.11. The zero-order valence-electron chi connectivity index (χ0n) is 13.1. The van der Waals surface area contributed by atoms with Gasteiger partial charge in [0.1, 0.15) is 5.54 Å². The molecule has 2 unspecified atom stereocenters. The van der Waals surface area contributed by atoms with Crippen LogP contribution in [0.25, 0.3) is 0 Å². The predicted octanol–water partition coefficient (Wildman–Crippen LogP) is 2.33. The highest BCUT2D eigenvalue weighted by molar-refractivity contribution is 5.93. The van der Waals surface area contributed by atoms with Crippen LogP contribution in [0.2, 0.25) is 0 Å². The zero-order valence-corrected chi connectivity index (χ0v) is 13.1. The van der Waals surface area contributed by atoms with Crippen LogP contribution in [0.4, 0.5) is 0 Å². The summed E-state index contributed by atoms with van der Waals surface area (Å²) >= 11 is 0. The minimum absolute atomic E-state index is 0.0179. The molecular weight excluding hydrogens is 252 g/mol. The van der Waals surface area contributed by atoms with Crippen LogP contribution in [-0.4, -0.2) is 35.3 Å². The monoisotopic (exact) mass is 280 g/mol. The number of rotatable bonds is 4. The minimum atomic E-state index is -0.669. The Hall–Kier alpha value is -1.06. The highest BCUT2D eigenvalue weighted by Gasteiger charge is 2.42. The molecule has 1 heterocycles. The van der Waals surface area contributed by atoms with Crippen LogP contribution in [-0.2, 0) is 9.59 Å². The van der Waals surface area contributed by atoms with E-state index in [0.717, 1.165) is 12.5 Å². The van der Waals surface area contributed by atoms with E-state index in [9.17, 15) is 9.59 Å². The van der Waals surface area contributed by atoms with Gasteiger partial charge in [-0.05, 0) is 37.5 Å². The fourth-order valence-corrected chi connectivity index (χ4v) is 3.73. The summed E-state index contributed by atoms with van der Waals surface area (Å²) in [4.78, 5) is 26.7. The highest BCUT2D eigenvalue weighted by atomic mass is 16.2. The van der Waals surface area contributed by atoms with Gasteiger partial charge < -0.3 is 10.2 Å². The van der Waals surface area contributed by atoms with Crippen LogP contribution in [0.3, 0.4) is 0 Å². The van der Waals surface area contributed by atoms with E-state index < -0.39 is 5.54 Å². The van der Waals surface area contributed by atoms with Gasteiger partial charge in [-0.2, -0.15) is 0 Å². The van der Waals surface area contributed by atoms with Crippen molar-refractivity contribution in [1.82, 2.24) is 10.2 Å². The van der Waals surface area contributed by atoms with Gasteiger partial charge in [0, 0.05) is 19.5 Å². The first-order valence-corrected chi connectivity index (χ1v) is 8.11. The van der Waals surface area contributed by atoms with Crippen molar-refractivity contribution in [1.29, 1.82) is 0 Å². The summed E-state index contributed by atoms with van der Waals surface area (Å²) in [7, 11) is 0. The molecule has 2 fully saturated rings. The average Bonchev–Trinajstić information content (AvgIpc) is 2.80. The van der Waals surface area contributed by atoms with E-state index in [1.807, 2.05) is 18.7 Å². The van der Waals surface area contributed by atoms with Gasteiger partial charge in [-0.25, -0.2) is 0 Å². The molecule has 0 spiro atoms. The first-order chi connectivity index (χ1) is 9.50. The van der Waals surface area contributed by atoms with E-state index >= 15 is 0 Å². The smallest absolute Gasteiger partial charge is 0.248 e. The number of nitrogens with one attached hydrogen (secondary N) is 1. The number of nitrogens with zero attached hydrogens (tertiary/aromatic N) is 1. The average molecular weight is 280 g/mol. The normalized spacial score (nSPS) is 30.2. The molecule has 114 valence electrons. The minimum Gasteiger partial charge on any atom is -0.342 e. The van der Waals surface area contributed by atoms with Gasteiger partial charge in [0.05, 0.1) is 0 Å². The van der Waals surface area contributed by atoms with E-state index in [0.29, 0.717) is 31.7 Å². The van der Waals surface area contributed by atoms with Crippen molar-refractivity contribution in [3.63, 3.8) is 0 Å². The maximum Gasteiger partial charge on any atom is 0.248 e. The Morgan fingerprint density at radius 1 is 1.25 bits per heavy atom. The maximum atomic E-state index is 12.9. The largest absolute Gasteiger partial charge is 0.342 e. The van der Waals surface area contributed by atoms with E-state index in [1.165, 1.54) is 19.3 Å². The van der Waals surface area contributed by atoms with Gasteiger partial charge in [0.25, 0.3) is 0 Å². The second-order valence-corrected chi connectivity index (χ2v) is 6.62. The van der Waals surface area contributed by atoms with Gasteiger partial charge in [-0.1, -0.05) is 27.2 Å². The summed E-state index contributed by atoms with van der Waals surface area (Å²) in [5.41, 5.74) is -0.669. The lowest BCUT2D eigenvalue weighted by molar-refractivity contribution is -0.139. The number of carbonyl (C=O) groups excluding carboxylic acids is 2. The molecule has 0 radical (unpaired) electrons. The van der Waals surface area contributed by atoms with E-state index in [2.05, 4.69) is 12.2 Å². The van der Waals surface area contributed by atoms with Crippen molar-refractivity contribution in [2.75, 3.05) is 13.1 Å². The van der Waals surface area contributed by atoms with Crippen LogP contribution in [0, 0.1) is 11.8 Å². The van der Waals surface area contributed by atoms with Crippen LogP contribution >= 0.6 is 0 Å². The molecule has 2 amide bonds. The summed E-state index contributed by atoms with van der Waals surface area (Å²) in [6, 6.07) is 0. The topological polar surface area (TPSA) is 49.4 Å². The van der Waals surface area contributed by atoms with Crippen molar-refractivity contribution in [2.45, 2.75) is 64.8 Å². The number of hydrogen-bond acceptors (Lipinski definition) is 2. The van der Waals surface area contributed by atoms with Crippen LogP contribution < -0.4 is 5.32 Å². The highest BCUT2D eigenvalue weighted by Crippen LogP contribution is 2.32. The van der Waals surface area contributed by atoms with Crippen molar-refractivity contribution < 1.29 is 9.59 Å². The fraction of sp³-hybridized carbons (Fsp3) is 0.875. The number of hydrogen-bond donors (Lipinski definition) is 1. The Labute approximate surface area is 122 Å². The Bertz CT molecular complexity index is 377. The molecule has 1 saturated carbocycles. The van der Waals surface area contributed by atoms with Crippen LogP contribution in [0.5, 0.6) is 0 Å². The second kappa shape index (κ2) is 6.15. The third-order valence-corrected chi connectivity index (χ3v) is 5.17. The molecule has 2 atom stereocenters. The summed E-state index contributed by atoms with van der Waals surface area (Å²) in [6.07, 6.45) is 5.50. The standard InChI is InChI=1S/C16H28N2O2/c1-4-16(5-2)15(20)18(9-8-14(19)17-16)11-13-7-6-12(3)10-13/h12-13H,4-11H2,1-3H3,(H,17,19). The van der Waals surface area contributed by atoms with Gasteiger partial charge in [0.15, 0.2) is 0 Å². The fourth-order valence-electron chi connectivity index (χ4n) is 3.73. The molecule has 2 aliphatic rings. The molecule has 4 nitrogen and oxygen atoms in total. The summed E-state index contributed by atoms with van der Waals surface area (Å²) in [5, 5.41) is 2.98. The first kappa shape index (κ1) is 15.3. The molecule has 20 heavy (non-hydrogen) atoms. The molecule has 1 aliphatic carbocycles. The second-order valence-electron chi connectivity index (χ2n) is 6.62. The molecule has 2 rings (SSSR count). The third-order valence-electron chi connectivity index (χ3n) is 5.17. The lowest BCUT2D eigenvalue weighted by Gasteiger charge is -2.34. The summed E-state index contributed by atoms with van der Waals surface area (Å²) in [5.74, 6) is 1.55. The number of carbonyl (C=O) groups is 2. The quantitative estimate of drug-likeness (QED) is 0.859. The molecular formula is C16H28N2O2. The summed E-state index contributed by atoms with van der Waals surface area (Å²) in [6.45, 7) is 7.68. The molecule has 4 heteroatoms. The zero-order chi connectivity index (χ0) is 14.8. The van der Waals surface area contributed by atoms with Gasteiger partial charge >= 0.3 is 0 Å². The van der Waals surface area contributed by atoms with Crippen molar-refractivity contribution >= 4 is 11.8 Å². The third kappa shape index (κ3) is 2.99. The van der Waals surface area contributed by atoms with Crippen molar-refractivity contribution in [3.8, 4) is 0 Å². The van der Waals surface area contributed by atoms with Crippen LogP contribution in [0.1, 0.15) is 59.3 Å². The van der Waals surface area contributed by atoms with Crippen LogP contribution in [0.15, 0.2) is 0 Å². The lowest BCUT2D eigenvalue weighted by Crippen LogP contribution is -2.57. The predicted molar refractivity (Wildman–Crippen MR) is 79.2 cm³/mol.